The van der Waals surface area contributed by atoms with Gasteiger partial charge in [-0.1, -0.05) is 25.9 Å². The summed E-state index contributed by atoms with van der Waals surface area (Å²) in [7, 11) is -1.61. The van der Waals surface area contributed by atoms with Gasteiger partial charge in [0.1, 0.15) is 12.0 Å². The lowest BCUT2D eigenvalue weighted by Gasteiger charge is -2.35. The van der Waals surface area contributed by atoms with Gasteiger partial charge in [-0.2, -0.15) is 4.31 Å². The fourth-order valence-corrected chi connectivity index (χ4v) is 4.34. The molecular weight excluding hydrogens is 481 g/mol. The molecule has 10 heteroatoms. The molecule has 1 N–H and O–H groups in total. The number of nitrogens with zero attached hydrogens (tertiary/aromatic N) is 4. The maximum atomic E-state index is 12.5. The molecule has 0 radical (unpaired) electrons. The number of hydrogen-bond donors (Lipinski definition) is 1. The van der Waals surface area contributed by atoms with Crippen LogP contribution < -0.4 is 5.32 Å². The average Bonchev–Trinajstić information content (AvgIpc) is 3.06. The monoisotopic (exact) mass is 513 g/mol. The van der Waals surface area contributed by atoms with Crippen molar-refractivity contribution < 1.29 is 12.9 Å². The lowest BCUT2D eigenvalue weighted by atomic mass is 9.91. The molecule has 2 rings (SSSR count). The van der Waals surface area contributed by atoms with E-state index in [1.165, 1.54) is 10.6 Å². The zero-order chi connectivity index (χ0) is 19.2. The second-order valence-corrected chi connectivity index (χ2v) is 9.74. The van der Waals surface area contributed by atoms with Gasteiger partial charge in [0.05, 0.1) is 5.69 Å². The van der Waals surface area contributed by atoms with Crippen molar-refractivity contribution in [3.8, 4) is 0 Å². The van der Waals surface area contributed by atoms with E-state index in [-0.39, 0.29) is 29.7 Å². The molecule has 156 valence electrons. The highest BCUT2D eigenvalue weighted by atomic mass is 127. The summed E-state index contributed by atoms with van der Waals surface area (Å²) >= 11 is 0. The molecule has 0 atom stereocenters. The van der Waals surface area contributed by atoms with Gasteiger partial charge in [0, 0.05) is 45.8 Å². The summed E-state index contributed by atoms with van der Waals surface area (Å²) < 4.78 is 31.2. The zero-order valence-corrected chi connectivity index (χ0v) is 19.8. The minimum Gasteiger partial charge on any atom is -0.364 e. The van der Waals surface area contributed by atoms with E-state index in [9.17, 15) is 8.42 Å². The molecule has 1 aromatic rings. The van der Waals surface area contributed by atoms with Crippen molar-refractivity contribution in [2.45, 2.75) is 39.4 Å². The highest BCUT2D eigenvalue weighted by Crippen LogP contribution is 2.19. The Labute approximate surface area is 179 Å². The van der Waals surface area contributed by atoms with Crippen LogP contribution in [0, 0.1) is 5.41 Å². The summed E-state index contributed by atoms with van der Waals surface area (Å²) in [4.78, 5) is 6.45. The van der Waals surface area contributed by atoms with Gasteiger partial charge in [0.15, 0.2) is 5.96 Å². The average molecular weight is 513 g/mol. The Kier molecular flexibility index (Phi) is 9.49. The number of nitrogens with one attached hydrogen (secondary N) is 1. The van der Waals surface area contributed by atoms with Crippen LogP contribution in [0.15, 0.2) is 21.8 Å². The fourth-order valence-electron chi connectivity index (χ4n) is 2.92. The van der Waals surface area contributed by atoms with Crippen molar-refractivity contribution in [3.05, 3.63) is 18.0 Å². The second-order valence-electron chi connectivity index (χ2n) is 7.77. The van der Waals surface area contributed by atoms with E-state index < -0.39 is 10.0 Å². The molecule has 0 bridgehead atoms. The van der Waals surface area contributed by atoms with Crippen molar-refractivity contribution in [3.63, 3.8) is 0 Å². The number of hydrogen-bond acceptors (Lipinski definition) is 5. The SMILES string of the molecule is CN=C(NCCCC(C)(C)C)N1CCN(S(=O)(=O)Cc2ccon2)CC1.I. The highest BCUT2D eigenvalue weighted by Gasteiger charge is 2.28. The molecule has 1 aliphatic heterocycles. The standard InChI is InChI=1S/C17H31N5O3S.HI/c1-17(2,3)7-5-8-19-16(18-4)21-9-11-22(12-10-21)26(23,24)14-15-6-13-25-20-15;/h6,13H,5,7-12,14H2,1-4H3,(H,18,19);1H. The zero-order valence-electron chi connectivity index (χ0n) is 16.6. The molecular formula is C17H32IN5O3S. The molecule has 27 heavy (non-hydrogen) atoms. The van der Waals surface area contributed by atoms with Crippen LogP contribution in [0.3, 0.4) is 0 Å². The molecule has 0 spiro atoms. The number of halogens is 1. The number of piperazine rings is 1. The van der Waals surface area contributed by atoms with Gasteiger partial charge < -0.3 is 14.7 Å². The number of sulfonamides is 1. The topological polar surface area (TPSA) is 91.0 Å². The lowest BCUT2D eigenvalue weighted by Crippen LogP contribution is -2.54. The van der Waals surface area contributed by atoms with Gasteiger partial charge in [0.25, 0.3) is 0 Å². The van der Waals surface area contributed by atoms with E-state index in [0.29, 0.717) is 37.3 Å². The molecule has 1 fully saturated rings. The summed E-state index contributed by atoms with van der Waals surface area (Å²) in [6.45, 7) is 9.72. The van der Waals surface area contributed by atoms with Crippen LogP contribution in [0.2, 0.25) is 0 Å². The highest BCUT2D eigenvalue weighted by molar-refractivity contribution is 14.0. The van der Waals surface area contributed by atoms with Gasteiger partial charge in [-0.15, -0.1) is 24.0 Å². The molecule has 1 aromatic heterocycles. The minimum atomic E-state index is -3.38. The molecule has 0 aliphatic carbocycles. The summed E-state index contributed by atoms with van der Waals surface area (Å²) in [5.74, 6) is 0.718. The van der Waals surface area contributed by atoms with Crippen molar-refractivity contribution in [1.82, 2.24) is 19.7 Å². The second kappa shape index (κ2) is 10.6. The third-order valence-electron chi connectivity index (χ3n) is 4.35. The van der Waals surface area contributed by atoms with E-state index >= 15 is 0 Å². The third-order valence-corrected chi connectivity index (χ3v) is 6.16. The van der Waals surface area contributed by atoms with E-state index in [0.717, 1.165) is 25.3 Å². The molecule has 8 nitrogen and oxygen atoms in total. The Morgan fingerprint density at radius 1 is 1.30 bits per heavy atom. The Balaban J connectivity index is 0.00000364. The van der Waals surface area contributed by atoms with Crippen LogP contribution in [0.1, 0.15) is 39.3 Å². The first-order chi connectivity index (χ1) is 12.2. The maximum Gasteiger partial charge on any atom is 0.220 e. The first-order valence-corrected chi connectivity index (χ1v) is 10.6. The molecule has 0 saturated carbocycles. The normalized spacial score (nSPS) is 16.9. The van der Waals surface area contributed by atoms with E-state index in [1.54, 1.807) is 13.1 Å². The van der Waals surface area contributed by atoms with Gasteiger partial charge in [-0.25, -0.2) is 8.42 Å². The predicted octanol–water partition coefficient (Wildman–Crippen LogP) is 2.14. The third kappa shape index (κ3) is 7.94. The van der Waals surface area contributed by atoms with Crippen molar-refractivity contribution >= 4 is 40.0 Å². The van der Waals surface area contributed by atoms with Crippen LogP contribution >= 0.6 is 24.0 Å². The summed E-state index contributed by atoms with van der Waals surface area (Å²) in [6.07, 6.45) is 3.61. The Morgan fingerprint density at radius 2 is 1.96 bits per heavy atom. The molecule has 0 aromatic carbocycles. The summed E-state index contributed by atoms with van der Waals surface area (Å²) in [6, 6.07) is 1.58. The van der Waals surface area contributed by atoms with Crippen molar-refractivity contribution in [2.24, 2.45) is 10.4 Å². The molecule has 0 amide bonds. The first-order valence-electron chi connectivity index (χ1n) is 9.04. The van der Waals surface area contributed by atoms with Crippen molar-refractivity contribution in [1.29, 1.82) is 0 Å². The smallest absolute Gasteiger partial charge is 0.220 e. The van der Waals surface area contributed by atoms with Gasteiger partial charge >= 0.3 is 0 Å². The Morgan fingerprint density at radius 3 is 2.48 bits per heavy atom. The predicted molar refractivity (Wildman–Crippen MR) is 118 cm³/mol. The van der Waals surface area contributed by atoms with Crippen LogP contribution in [0.25, 0.3) is 0 Å². The molecule has 1 saturated heterocycles. The number of guanidine groups is 1. The van der Waals surface area contributed by atoms with E-state index in [4.69, 9.17) is 4.52 Å². The molecule has 2 heterocycles. The number of aliphatic imine (C=N–C) groups is 1. The number of aromatic nitrogens is 1. The largest absolute Gasteiger partial charge is 0.364 e. The van der Waals surface area contributed by atoms with Gasteiger partial charge in [-0.3, -0.25) is 4.99 Å². The summed E-state index contributed by atoms with van der Waals surface area (Å²) in [5, 5.41) is 7.08. The minimum absolute atomic E-state index is 0. The maximum absolute atomic E-state index is 12.5. The summed E-state index contributed by atoms with van der Waals surface area (Å²) in [5.41, 5.74) is 0.762. The van der Waals surface area contributed by atoms with Crippen LogP contribution in [0.5, 0.6) is 0 Å². The van der Waals surface area contributed by atoms with Crippen LogP contribution in [-0.2, 0) is 15.8 Å². The van der Waals surface area contributed by atoms with Gasteiger partial charge in [0.2, 0.25) is 10.0 Å². The van der Waals surface area contributed by atoms with Gasteiger partial charge in [-0.05, 0) is 18.3 Å². The van der Waals surface area contributed by atoms with Crippen LogP contribution in [-0.4, -0.2) is 68.5 Å². The molecule has 1 aliphatic rings. The Hall–Kier alpha value is -0.880. The fraction of sp³-hybridized carbons (Fsp3) is 0.765. The van der Waals surface area contributed by atoms with Crippen molar-refractivity contribution in [2.75, 3.05) is 39.8 Å². The Bertz CT molecular complexity index is 678. The van der Waals surface area contributed by atoms with E-state index in [1.807, 2.05) is 0 Å². The van der Waals surface area contributed by atoms with E-state index in [2.05, 4.69) is 41.1 Å². The number of rotatable bonds is 6. The first kappa shape index (κ1) is 24.2. The molecule has 0 unspecified atom stereocenters. The lowest BCUT2D eigenvalue weighted by molar-refractivity contribution is 0.259. The van der Waals surface area contributed by atoms with Crippen LogP contribution in [0.4, 0.5) is 0 Å². The quantitative estimate of drug-likeness (QED) is 0.271.